The molecular formula is C20H21ClN2O4S. The molecule has 0 saturated heterocycles. The smallest absolute Gasteiger partial charge is 0.262 e. The average molecular weight is 421 g/mol. The summed E-state index contributed by atoms with van der Waals surface area (Å²) in [6.07, 6.45) is 8.48. The minimum atomic E-state index is -4.94. The number of nitrogens with zero attached hydrogens (tertiary/aromatic N) is 2. The van der Waals surface area contributed by atoms with Crippen LogP contribution in [0.4, 0.5) is 5.69 Å². The van der Waals surface area contributed by atoms with Crippen LogP contribution < -0.4 is 28.1 Å². The molecule has 148 valence electrons. The molecule has 0 unspecified atom stereocenters. The van der Waals surface area contributed by atoms with Crippen molar-refractivity contribution in [2.24, 2.45) is 7.05 Å². The van der Waals surface area contributed by atoms with Crippen LogP contribution in [0, 0.1) is 10.2 Å². The van der Waals surface area contributed by atoms with Crippen molar-refractivity contribution in [1.82, 2.24) is 0 Å². The van der Waals surface area contributed by atoms with Gasteiger partial charge in [0.15, 0.2) is 0 Å². The maximum atomic E-state index is 8.49. The lowest BCUT2D eigenvalue weighted by Crippen LogP contribution is -2.68. The molecule has 0 radical (unpaired) electrons. The van der Waals surface area contributed by atoms with E-state index in [1.54, 1.807) is 0 Å². The molecule has 8 heteroatoms. The first-order chi connectivity index (χ1) is 13.1. The summed E-state index contributed by atoms with van der Waals surface area (Å²) in [4.78, 5) is 2.11. The van der Waals surface area contributed by atoms with E-state index in [1.165, 1.54) is 26.5 Å². The zero-order valence-electron chi connectivity index (χ0n) is 15.7. The molecular weight excluding hydrogens is 400 g/mol. The van der Waals surface area contributed by atoms with Gasteiger partial charge in [0.25, 0.3) is 5.01 Å². The summed E-state index contributed by atoms with van der Waals surface area (Å²) in [5.41, 5.74) is 3.70. The molecule has 28 heavy (non-hydrogen) atoms. The van der Waals surface area contributed by atoms with E-state index in [1.807, 2.05) is 11.3 Å². The molecule has 0 N–H and O–H groups in total. The van der Waals surface area contributed by atoms with Crippen molar-refractivity contribution in [3.05, 3.63) is 71.3 Å². The van der Waals surface area contributed by atoms with Gasteiger partial charge in [0, 0.05) is 31.9 Å². The van der Waals surface area contributed by atoms with Crippen LogP contribution in [-0.2, 0) is 7.05 Å². The number of hydrogen-bond donors (Lipinski definition) is 0. The van der Waals surface area contributed by atoms with Gasteiger partial charge in [0.2, 0.25) is 5.52 Å². The standard InChI is InChI=1S/C20H21N2S.ClHO4/c1-21(2)17-14-12-16(13-15-17)8-4-7-11-20-22(3)18-9-5-6-10-19(18)23-20;2-1(3,4)5/h4-15H,1-3H3;(H,2,3,4,5)/q+1;/p-1. The molecule has 0 bridgehead atoms. The zero-order valence-corrected chi connectivity index (χ0v) is 17.3. The van der Waals surface area contributed by atoms with Crippen molar-refractivity contribution >= 4 is 39.4 Å². The number of anilines is 1. The fourth-order valence-electron chi connectivity index (χ4n) is 2.45. The van der Waals surface area contributed by atoms with Crippen molar-refractivity contribution in [3.63, 3.8) is 0 Å². The molecule has 0 atom stereocenters. The Hall–Kier alpha value is -2.26. The third-order valence-corrected chi connectivity index (χ3v) is 5.00. The molecule has 3 rings (SSSR count). The van der Waals surface area contributed by atoms with Gasteiger partial charge in [0.05, 0.1) is 0 Å². The topological polar surface area (TPSA) is 99.4 Å². The van der Waals surface area contributed by atoms with Gasteiger partial charge in [-0.3, -0.25) is 0 Å². The minimum absolute atomic E-state index is 1.21. The molecule has 0 aliphatic carbocycles. The zero-order chi connectivity index (χ0) is 20.7. The highest BCUT2D eigenvalue weighted by Crippen LogP contribution is 2.20. The monoisotopic (exact) mass is 420 g/mol. The summed E-state index contributed by atoms with van der Waals surface area (Å²) in [6.45, 7) is 0. The number of benzene rings is 2. The lowest BCUT2D eigenvalue weighted by molar-refractivity contribution is -2.00. The van der Waals surface area contributed by atoms with Crippen molar-refractivity contribution in [2.75, 3.05) is 19.0 Å². The van der Waals surface area contributed by atoms with Crippen LogP contribution in [0.15, 0.2) is 60.7 Å². The van der Waals surface area contributed by atoms with E-state index in [2.05, 4.69) is 103 Å². The number of hydrogen-bond acceptors (Lipinski definition) is 6. The van der Waals surface area contributed by atoms with Crippen LogP contribution >= 0.6 is 11.3 Å². The first kappa shape index (κ1) is 22.0. The predicted octanol–water partition coefficient (Wildman–Crippen LogP) is -0.238. The molecule has 0 fully saturated rings. The Morgan fingerprint density at radius 1 is 0.893 bits per heavy atom. The summed E-state index contributed by atoms with van der Waals surface area (Å²) in [5.74, 6) is 0. The van der Waals surface area contributed by atoms with Gasteiger partial charge >= 0.3 is 0 Å². The first-order valence-electron chi connectivity index (χ1n) is 8.26. The molecule has 0 amide bonds. The summed E-state index contributed by atoms with van der Waals surface area (Å²) in [5, 5.41) is 1.25. The first-order valence-corrected chi connectivity index (χ1v) is 10.3. The predicted molar refractivity (Wildman–Crippen MR) is 102 cm³/mol. The van der Waals surface area contributed by atoms with Gasteiger partial charge in [0.1, 0.15) is 11.7 Å². The molecule has 0 saturated carbocycles. The number of para-hydroxylation sites is 1. The molecule has 0 aliphatic rings. The highest BCUT2D eigenvalue weighted by atomic mass is 35.7. The normalized spacial score (nSPS) is 11.8. The van der Waals surface area contributed by atoms with Gasteiger partial charge in [-0.15, -0.1) is 10.2 Å². The van der Waals surface area contributed by atoms with Crippen LogP contribution in [0.1, 0.15) is 10.6 Å². The SMILES string of the molecule is CN(C)c1ccc(/C=C/C=C/c2sc3ccccc3[n+]2C)cc1.[O-][Cl+3]([O-])([O-])[O-]. The summed E-state index contributed by atoms with van der Waals surface area (Å²) in [6, 6.07) is 17.0. The number of halogens is 1. The van der Waals surface area contributed by atoms with Gasteiger partial charge in [-0.2, -0.15) is 4.57 Å². The maximum absolute atomic E-state index is 8.49. The Morgan fingerprint density at radius 2 is 1.46 bits per heavy atom. The van der Waals surface area contributed by atoms with Crippen molar-refractivity contribution < 1.29 is 33.4 Å². The minimum Gasteiger partial charge on any atom is -0.378 e. The fraction of sp³-hybridized carbons (Fsp3) is 0.150. The average Bonchev–Trinajstić information content (AvgIpc) is 2.94. The second kappa shape index (κ2) is 9.79. The number of thiazole rings is 1. The van der Waals surface area contributed by atoms with Gasteiger partial charge < -0.3 is 4.90 Å². The van der Waals surface area contributed by atoms with E-state index in [4.69, 9.17) is 18.6 Å². The Morgan fingerprint density at radius 3 is 2.04 bits per heavy atom. The Labute approximate surface area is 170 Å². The van der Waals surface area contributed by atoms with Crippen LogP contribution in [0.5, 0.6) is 0 Å². The maximum Gasteiger partial charge on any atom is 0.262 e. The second-order valence-electron chi connectivity index (χ2n) is 6.05. The van der Waals surface area contributed by atoms with Crippen LogP contribution in [0.25, 0.3) is 22.4 Å². The van der Waals surface area contributed by atoms with E-state index in [-0.39, 0.29) is 0 Å². The van der Waals surface area contributed by atoms with Crippen LogP contribution in [-0.4, -0.2) is 14.1 Å². The quantitative estimate of drug-likeness (QED) is 0.428. The van der Waals surface area contributed by atoms with Crippen molar-refractivity contribution in [2.45, 2.75) is 0 Å². The summed E-state index contributed by atoms with van der Waals surface area (Å²) in [7, 11) is 1.28. The van der Waals surface area contributed by atoms with Gasteiger partial charge in [-0.25, -0.2) is 18.6 Å². The molecule has 0 spiro atoms. The van der Waals surface area contributed by atoms with E-state index < -0.39 is 10.2 Å². The number of aromatic nitrogens is 1. The lowest BCUT2D eigenvalue weighted by Gasteiger charge is -2.17. The Bertz CT molecular complexity index is 954. The highest BCUT2D eigenvalue weighted by molar-refractivity contribution is 7.18. The molecule has 0 aliphatic heterocycles. The molecule has 1 heterocycles. The van der Waals surface area contributed by atoms with E-state index in [9.17, 15) is 0 Å². The largest absolute Gasteiger partial charge is 0.378 e. The van der Waals surface area contributed by atoms with Gasteiger partial charge in [-0.05, 0) is 23.8 Å². The van der Waals surface area contributed by atoms with Crippen LogP contribution in [0.2, 0.25) is 0 Å². The molecule has 2 aromatic carbocycles. The Balaban J connectivity index is 0.000000500. The lowest BCUT2D eigenvalue weighted by atomic mass is 10.2. The van der Waals surface area contributed by atoms with E-state index in [0.717, 1.165) is 0 Å². The van der Waals surface area contributed by atoms with Crippen LogP contribution in [0.3, 0.4) is 0 Å². The number of fused-ring (bicyclic) bond motifs is 1. The number of aryl methyl sites for hydroxylation is 1. The molecule has 6 nitrogen and oxygen atoms in total. The molecule has 1 aromatic heterocycles. The van der Waals surface area contributed by atoms with Crippen molar-refractivity contribution in [1.29, 1.82) is 0 Å². The summed E-state index contributed by atoms with van der Waals surface area (Å²) >= 11 is 1.81. The highest BCUT2D eigenvalue weighted by Gasteiger charge is 2.12. The third-order valence-electron chi connectivity index (χ3n) is 3.82. The second-order valence-corrected chi connectivity index (χ2v) is 7.87. The number of allylic oxidation sites excluding steroid dienone is 2. The number of rotatable bonds is 4. The third kappa shape index (κ3) is 7.05. The van der Waals surface area contributed by atoms with E-state index in [0.29, 0.717) is 0 Å². The van der Waals surface area contributed by atoms with Crippen molar-refractivity contribution in [3.8, 4) is 0 Å². The van der Waals surface area contributed by atoms with E-state index >= 15 is 0 Å². The fourth-order valence-corrected chi connectivity index (χ4v) is 3.52. The van der Waals surface area contributed by atoms with Gasteiger partial charge in [-0.1, -0.05) is 53.8 Å². The molecule has 3 aromatic rings. The Kier molecular flexibility index (Phi) is 7.70. The summed E-state index contributed by atoms with van der Waals surface area (Å²) < 4.78 is 37.5.